The van der Waals surface area contributed by atoms with E-state index in [0.29, 0.717) is 0 Å². The Bertz CT molecular complexity index is 402. The maximum absolute atomic E-state index is 9.36. The van der Waals surface area contributed by atoms with Gasteiger partial charge in [-0.15, -0.1) is 9.24 Å². The first kappa shape index (κ1) is 17.4. The Morgan fingerprint density at radius 1 is 1.10 bits per heavy atom. The Labute approximate surface area is 125 Å². The highest BCUT2D eigenvalue weighted by Crippen LogP contribution is 2.36. The summed E-state index contributed by atoms with van der Waals surface area (Å²) in [5.74, 6) is -0.136. The van der Waals surface area contributed by atoms with Crippen LogP contribution in [0.4, 0.5) is 0 Å². The Morgan fingerprint density at radius 2 is 1.65 bits per heavy atom. The van der Waals surface area contributed by atoms with Crippen molar-refractivity contribution in [2.75, 3.05) is 0 Å². The summed E-state index contributed by atoms with van der Waals surface area (Å²) in [6.45, 7) is 7.34. The normalized spacial score (nSPS) is 19.4. The Hall–Kier alpha value is -0.670. The Morgan fingerprint density at radius 3 is 2.10 bits per heavy atom. The average molecular weight is 295 g/mol. The Kier molecular flexibility index (Phi) is 5.96. The topological polar surface area (TPSA) is 60.0 Å². The van der Waals surface area contributed by atoms with Gasteiger partial charge in [-0.05, 0) is 40.5 Å². The summed E-state index contributed by atoms with van der Waals surface area (Å²) < 4.78 is 0. The molecule has 1 aliphatic rings. The fraction of sp³-hybridized carbons (Fsp3) is 0.867. The van der Waals surface area contributed by atoms with Gasteiger partial charge in [0.25, 0.3) is 0 Å². The summed E-state index contributed by atoms with van der Waals surface area (Å²) in [4.78, 5) is 5.98. The zero-order chi connectivity index (χ0) is 15.4. The predicted molar refractivity (Wildman–Crippen MR) is 82.4 cm³/mol. The highest BCUT2D eigenvalue weighted by atomic mass is 31.0. The second kappa shape index (κ2) is 6.86. The third-order valence-corrected chi connectivity index (χ3v) is 4.97. The maximum atomic E-state index is 9.36. The standard InChI is InChI=1S/C15H26N3OP/c1-14(2,10-16)13(20)18(19-15(3,4)11-17)12-8-6-5-7-9-12/h12-13H,5-9,20H2,1-4H3. The lowest BCUT2D eigenvalue weighted by atomic mass is 9.91. The lowest BCUT2D eigenvalue weighted by Crippen LogP contribution is -2.50. The molecular weight excluding hydrogens is 269 g/mol. The molecule has 0 spiro atoms. The third kappa shape index (κ3) is 4.42. The molecule has 1 aliphatic carbocycles. The lowest BCUT2D eigenvalue weighted by molar-refractivity contribution is -0.257. The van der Waals surface area contributed by atoms with Crippen molar-refractivity contribution < 1.29 is 4.84 Å². The summed E-state index contributed by atoms with van der Waals surface area (Å²) in [6, 6.07) is 4.80. The van der Waals surface area contributed by atoms with Crippen molar-refractivity contribution in [2.24, 2.45) is 5.41 Å². The highest BCUT2D eigenvalue weighted by Gasteiger charge is 2.39. The lowest BCUT2D eigenvalue weighted by Gasteiger charge is -2.43. The summed E-state index contributed by atoms with van der Waals surface area (Å²) in [5, 5.41) is 20.5. The molecule has 0 radical (unpaired) electrons. The van der Waals surface area contributed by atoms with E-state index in [2.05, 4.69) is 21.4 Å². The van der Waals surface area contributed by atoms with Crippen LogP contribution in [0.3, 0.4) is 0 Å². The molecule has 0 saturated heterocycles. The van der Waals surface area contributed by atoms with E-state index in [9.17, 15) is 10.5 Å². The van der Waals surface area contributed by atoms with Crippen molar-refractivity contribution in [1.82, 2.24) is 5.06 Å². The largest absolute Gasteiger partial charge is 0.277 e. The molecule has 112 valence electrons. The van der Waals surface area contributed by atoms with Crippen molar-refractivity contribution in [3.63, 3.8) is 0 Å². The first-order valence-electron chi connectivity index (χ1n) is 7.29. The van der Waals surface area contributed by atoms with Gasteiger partial charge in [-0.3, -0.25) is 4.84 Å². The Balaban J connectivity index is 2.95. The van der Waals surface area contributed by atoms with Gasteiger partial charge in [0, 0.05) is 6.04 Å². The average Bonchev–Trinajstić information content (AvgIpc) is 2.45. The molecule has 0 N–H and O–H groups in total. The van der Waals surface area contributed by atoms with Gasteiger partial charge in [0.2, 0.25) is 0 Å². The molecule has 5 heteroatoms. The molecule has 0 aromatic rings. The number of hydrogen-bond donors (Lipinski definition) is 0. The van der Waals surface area contributed by atoms with Crippen LogP contribution in [0.5, 0.6) is 0 Å². The number of nitriles is 2. The van der Waals surface area contributed by atoms with Crippen LogP contribution in [0.15, 0.2) is 0 Å². The summed E-state index contributed by atoms with van der Waals surface area (Å²) in [7, 11) is 2.73. The van der Waals surface area contributed by atoms with E-state index < -0.39 is 11.0 Å². The van der Waals surface area contributed by atoms with Crippen molar-refractivity contribution in [1.29, 1.82) is 10.5 Å². The van der Waals surface area contributed by atoms with E-state index >= 15 is 0 Å². The molecule has 0 amide bonds. The zero-order valence-corrected chi connectivity index (χ0v) is 14.2. The molecule has 2 atom stereocenters. The fourth-order valence-electron chi connectivity index (χ4n) is 2.36. The van der Waals surface area contributed by atoms with Crippen LogP contribution in [0, 0.1) is 28.1 Å². The number of rotatable bonds is 5. The predicted octanol–water partition coefficient (Wildman–Crippen LogP) is 3.61. The molecule has 0 aromatic carbocycles. The SMILES string of the molecule is CC(C)(C#N)ON(C1CCCCC1)C(P)C(C)(C)C#N. The van der Waals surface area contributed by atoms with Crippen molar-refractivity contribution in [2.45, 2.75) is 77.2 Å². The minimum atomic E-state index is -0.877. The van der Waals surface area contributed by atoms with E-state index in [1.54, 1.807) is 13.8 Å². The molecular formula is C15H26N3OP. The van der Waals surface area contributed by atoms with Gasteiger partial charge in [0.1, 0.15) is 0 Å². The quantitative estimate of drug-likeness (QED) is 0.574. The molecule has 2 unspecified atom stereocenters. The summed E-state index contributed by atoms with van der Waals surface area (Å²) in [5.41, 5.74) is -1.43. The number of nitrogens with zero attached hydrogens (tertiary/aromatic N) is 3. The fourth-order valence-corrected chi connectivity index (χ4v) is 2.74. The molecule has 1 fully saturated rings. The first-order chi connectivity index (χ1) is 9.23. The van der Waals surface area contributed by atoms with Gasteiger partial charge >= 0.3 is 0 Å². The van der Waals surface area contributed by atoms with Gasteiger partial charge < -0.3 is 0 Å². The van der Waals surface area contributed by atoms with E-state index in [4.69, 9.17) is 4.84 Å². The van der Waals surface area contributed by atoms with E-state index in [-0.39, 0.29) is 11.8 Å². The minimum absolute atomic E-state index is 0.136. The molecule has 20 heavy (non-hydrogen) atoms. The van der Waals surface area contributed by atoms with E-state index in [0.717, 1.165) is 12.8 Å². The second-order valence-corrected chi connectivity index (χ2v) is 7.27. The molecule has 0 bridgehead atoms. The van der Waals surface area contributed by atoms with Crippen molar-refractivity contribution in [3.05, 3.63) is 0 Å². The van der Waals surface area contributed by atoms with Gasteiger partial charge in [0.05, 0.1) is 23.3 Å². The van der Waals surface area contributed by atoms with E-state index in [1.165, 1.54) is 19.3 Å². The number of hydroxylamine groups is 2. The van der Waals surface area contributed by atoms with E-state index in [1.807, 2.05) is 18.9 Å². The van der Waals surface area contributed by atoms with Crippen molar-refractivity contribution >= 4 is 9.24 Å². The second-order valence-electron chi connectivity index (χ2n) is 6.64. The monoisotopic (exact) mass is 295 g/mol. The van der Waals surface area contributed by atoms with Crippen LogP contribution in [0.25, 0.3) is 0 Å². The van der Waals surface area contributed by atoms with Crippen LogP contribution < -0.4 is 0 Å². The van der Waals surface area contributed by atoms with Gasteiger partial charge in [0.15, 0.2) is 5.60 Å². The van der Waals surface area contributed by atoms with Crippen LogP contribution >= 0.6 is 9.24 Å². The van der Waals surface area contributed by atoms with Crippen molar-refractivity contribution in [3.8, 4) is 12.1 Å². The van der Waals surface area contributed by atoms with Crippen LogP contribution in [0.2, 0.25) is 0 Å². The third-order valence-electron chi connectivity index (χ3n) is 3.84. The van der Waals surface area contributed by atoms with Crippen LogP contribution in [0.1, 0.15) is 59.8 Å². The summed E-state index contributed by atoms with van der Waals surface area (Å²) in [6.07, 6.45) is 5.75. The van der Waals surface area contributed by atoms with Crippen LogP contribution in [-0.2, 0) is 4.84 Å². The van der Waals surface area contributed by atoms with Crippen LogP contribution in [-0.4, -0.2) is 22.5 Å². The minimum Gasteiger partial charge on any atom is -0.277 e. The number of hydrogen-bond acceptors (Lipinski definition) is 4. The summed E-state index contributed by atoms with van der Waals surface area (Å²) >= 11 is 0. The first-order valence-corrected chi connectivity index (χ1v) is 7.96. The molecule has 0 aromatic heterocycles. The maximum Gasteiger partial charge on any atom is 0.170 e. The smallest absolute Gasteiger partial charge is 0.170 e. The molecule has 4 nitrogen and oxygen atoms in total. The molecule has 0 aliphatic heterocycles. The molecule has 0 heterocycles. The zero-order valence-electron chi connectivity index (χ0n) is 13.0. The molecule has 1 rings (SSSR count). The van der Waals surface area contributed by atoms with Gasteiger partial charge in [-0.25, -0.2) is 0 Å². The van der Waals surface area contributed by atoms with Gasteiger partial charge in [-0.1, -0.05) is 19.3 Å². The highest BCUT2D eigenvalue weighted by molar-refractivity contribution is 7.17. The van der Waals surface area contributed by atoms with Gasteiger partial charge in [-0.2, -0.15) is 15.6 Å². The molecule has 1 saturated carbocycles.